The Bertz CT molecular complexity index is 3780. The van der Waals surface area contributed by atoms with Crippen LogP contribution in [0.5, 0.6) is 0 Å². The molecule has 2 nitrogen and oxygen atoms in total. The van der Waals surface area contributed by atoms with E-state index in [1.54, 1.807) is 0 Å². The largest absolute Gasteiger partial charge is 0.309 e. The van der Waals surface area contributed by atoms with Crippen molar-refractivity contribution in [3.63, 3.8) is 0 Å². The van der Waals surface area contributed by atoms with Crippen LogP contribution in [-0.2, 0) is 12.8 Å². The Balaban J connectivity index is 1.06. The molecule has 0 aliphatic rings. The smallest absolute Gasteiger partial charge is 0.0547 e. The Morgan fingerprint density at radius 2 is 0.742 bits per heavy atom. The predicted octanol–water partition coefficient (Wildman–Crippen LogP) is 18.6. The van der Waals surface area contributed by atoms with Crippen LogP contribution in [-0.4, -0.2) is 9.13 Å². The van der Waals surface area contributed by atoms with Gasteiger partial charge in [0.2, 0.25) is 0 Å². The van der Waals surface area contributed by atoms with Gasteiger partial charge in [-0.2, -0.15) is 0 Å². The molecule has 0 bridgehead atoms. The molecule has 0 saturated heterocycles. The van der Waals surface area contributed by atoms with Crippen molar-refractivity contribution in [3.05, 3.63) is 193 Å². The van der Waals surface area contributed by atoms with Gasteiger partial charge < -0.3 is 9.13 Å². The van der Waals surface area contributed by atoms with Gasteiger partial charge in [0.05, 0.1) is 22.1 Å². The molecule has 0 aliphatic heterocycles. The third kappa shape index (κ3) is 6.12. The maximum absolute atomic E-state index is 2.53. The number of thiophene rings is 2. The molecule has 4 heterocycles. The fourth-order valence-electron chi connectivity index (χ4n) is 11.1. The quantitative estimate of drug-likeness (QED) is 0.129. The van der Waals surface area contributed by atoms with Crippen LogP contribution in [0.3, 0.4) is 0 Å². The topological polar surface area (TPSA) is 9.86 Å². The van der Waals surface area contributed by atoms with Gasteiger partial charge in [0.25, 0.3) is 0 Å². The van der Waals surface area contributed by atoms with Gasteiger partial charge in [-0.1, -0.05) is 130 Å². The van der Waals surface area contributed by atoms with Crippen molar-refractivity contribution in [1.82, 2.24) is 9.13 Å². The van der Waals surface area contributed by atoms with Crippen molar-refractivity contribution in [2.45, 2.75) is 52.4 Å². The lowest BCUT2D eigenvalue weighted by atomic mass is 9.95. The lowest BCUT2D eigenvalue weighted by Gasteiger charge is -2.14. The Hall–Kier alpha value is -6.98. The molecule has 13 aromatic rings. The first-order valence-corrected chi connectivity index (χ1v) is 25.3. The molecule has 0 saturated carbocycles. The van der Waals surface area contributed by atoms with Crippen LogP contribution in [0.2, 0.25) is 0 Å². The van der Waals surface area contributed by atoms with Gasteiger partial charge in [-0.05, 0) is 138 Å². The number of rotatable bonds is 10. The first kappa shape index (κ1) is 39.4. The summed E-state index contributed by atoms with van der Waals surface area (Å²) in [6, 6.07) is 69.2. The summed E-state index contributed by atoms with van der Waals surface area (Å²) in [4.78, 5) is 0. The molecule has 0 spiro atoms. The highest BCUT2D eigenvalue weighted by Crippen LogP contribution is 2.47. The molecule has 318 valence electrons. The number of nitrogens with zero attached hydrogens (tertiary/aromatic N) is 2. The first-order valence-electron chi connectivity index (χ1n) is 23.7. The van der Waals surface area contributed by atoms with Gasteiger partial charge >= 0.3 is 0 Å². The summed E-state index contributed by atoms with van der Waals surface area (Å²) < 4.78 is 10.4. The van der Waals surface area contributed by atoms with Crippen molar-refractivity contribution < 1.29 is 0 Å². The summed E-state index contributed by atoms with van der Waals surface area (Å²) in [5, 5.41) is 10.6. The van der Waals surface area contributed by atoms with Gasteiger partial charge in [-0.3, -0.25) is 0 Å². The number of aromatic nitrogens is 2. The molecule has 0 aliphatic carbocycles. The van der Waals surface area contributed by atoms with Crippen LogP contribution in [0.15, 0.2) is 182 Å². The van der Waals surface area contributed by atoms with Gasteiger partial charge in [-0.25, -0.2) is 0 Å². The lowest BCUT2D eigenvalue weighted by molar-refractivity contribution is 0.796. The Morgan fingerprint density at radius 3 is 1.21 bits per heavy atom. The van der Waals surface area contributed by atoms with Crippen molar-refractivity contribution in [3.8, 4) is 33.6 Å². The molecule has 0 atom stereocenters. The highest BCUT2D eigenvalue weighted by atomic mass is 32.1. The Labute approximate surface area is 392 Å². The third-order valence-corrected chi connectivity index (χ3v) is 16.4. The second-order valence-corrected chi connectivity index (χ2v) is 20.2. The van der Waals surface area contributed by atoms with Crippen LogP contribution in [0.25, 0.3) is 118 Å². The van der Waals surface area contributed by atoms with E-state index in [9.17, 15) is 0 Å². The molecular formula is C62H48N2S2. The van der Waals surface area contributed by atoms with Crippen LogP contribution < -0.4 is 0 Å². The van der Waals surface area contributed by atoms with E-state index in [4.69, 9.17) is 0 Å². The predicted molar refractivity (Wildman–Crippen MR) is 289 cm³/mol. The SMILES string of the molecule is CCCCc1ccc2c(c1)c1c(-c3cccc4sc5ccccc5c34)cccc1n2-c1cccc(-n2c3ccc(CCCC)cc3c3c(-c4cccc5sc6ccccc6c45)cccc32)c1. The molecule has 4 heteroatoms. The average molecular weight is 885 g/mol. The van der Waals surface area contributed by atoms with Gasteiger partial charge in [0, 0.05) is 73.3 Å². The molecule has 66 heavy (non-hydrogen) atoms. The third-order valence-electron chi connectivity index (χ3n) is 14.1. The lowest BCUT2D eigenvalue weighted by Crippen LogP contribution is -1.99. The zero-order valence-corrected chi connectivity index (χ0v) is 38.9. The van der Waals surface area contributed by atoms with Crippen molar-refractivity contribution >= 4 is 107 Å². The maximum atomic E-state index is 2.53. The van der Waals surface area contributed by atoms with E-state index < -0.39 is 0 Å². The van der Waals surface area contributed by atoms with Crippen molar-refractivity contribution in [2.24, 2.45) is 0 Å². The zero-order valence-electron chi connectivity index (χ0n) is 37.3. The monoisotopic (exact) mass is 884 g/mol. The number of unbranched alkanes of at least 4 members (excludes halogenated alkanes) is 2. The van der Waals surface area contributed by atoms with E-state index >= 15 is 0 Å². The summed E-state index contributed by atoms with van der Waals surface area (Å²) in [7, 11) is 0. The fraction of sp³-hybridized carbons (Fsp3) is 0.129. The average Bonchev–Trinajstić information content (AvgIpc) is 4.12. The minimum atomic E-state index is 1.08. The number of hydrogen-bond acceptors (Lipinski definition) is 2. The molecule has 4 aromatic heterocycles. The molecule has 0 N–H and O–H groups in total. The molecular weight excluding hydrogens is 837 g/mol. The van der Waals surface area contributed by atoms with E-state index in [0.717, 1.165) is 24.2 Å². The van der Waals surface area contributed by atoms with Crippen LogP contribution in [0, 0.1) is 0 Å². The second-order valence-electron chi connectivity index (χ2n) is 18.1. The summed E-state index contributed by atoms with van der Waals surface area (Å²) in [5.41, 5.74) is 15.2. The van der Waals surface area contributed by atoms with Crippen LogP contribution in [0.1, 0.15) is 50.7 Å². The number of benzene rings is 9. The summed E-state index contributed by atoms with van der Waals surface area (Å²) in [6.07, 6.45) is 6.87. The minimum Gasteiger partial charge on any atom is -0.309 e. The molecule has 13 rings (SSSR count). The molecule has 9 aromatic carbocycles. The van der Waals surface area contributed by atoms with E-state index in [1.165, 1.54) is 143 Å². The molecule has 0 unspecified atom stereocenters. The number of hydrogen-bond donors (Lipinski definition) is 0. The summed E-state index contributed by atoms with van der Waals surface area (Å²) >= 11 is 3.78. The standard InChI is InChI=1S/C62H48N2S2/c1-3-5-16-39-32-34-51-49(36-39)59-43(45-24-14-30-57-61(45)47-20-7-9-28-55(47)65-57)22-12-26-53(59)63(51)41-18-11-19-42(38-41)64-52-35-33-40(17-6-4-2)37-50(52)60-44(23-13-27-54(60)64)46-25-15-31-58-62(46)48-21-8-10-29-56(48)66-58/h7-15,18-38H,3-6,16-17H2,1-2H3. The van der Waals surface area contributed by atoms with Crippen molar-refractivity contribution in [2.75, 3.05) is 0 Å². The van der Waals surface area contributed by atoms with E-state index in [0.29, 0.717) is 0 Å². The molecule has 0 fully saturated rings. The highest BCUT2D eigenvalue weighted by molar-refractivity contribution is 7.26. The second kappa shape index (κ2) is 15.9. The Morgan fingerprint density at radius 1 is 0.333 bits per heavy atom. The van der Waals surface area contributed by atoms with Gasteiger partial charge in [0.1, 0.15) is 0 Å². The maximum Gasteiger partial charge on any atom is 0.0547 e. The highest BCUT2D eigenvalue weighted by Gasteiger charge is 2.22. The zero-order chi connectivity index (χ0) is 43.9. The minimum absolute atomic E-state index is 1.08. The Kier molecular flexibility index (Phi) is 9.47. The molecule has 0 radical (unpaired) electrons. The number of aryl methyl sites for hydroxylation is 2. The van der Waals surface area contributed by atoms with E-state index in [-0.39, 0.29) is 0 Å². The van der Waals surface area contributed by atoms with Gasteiger partial charge in [-0.15, -0.1) is 22.7 Å². The van der Waals surface area contributed by atoms with E-state index in [1.807, 2.05) is 22.7 Å². The summed E-state index contributed by atoms with van der Waals surface area (Å²) in [6.45, 7) is 4.58. The van der Waals surface area contributed by atoms with Gasteiger partial charge in [0.15, 0.2) is 0 Å². The first-order chi connectivity index (χ1) is 32.7. The number of fused-ring (bicyclic) bond motifs is 12. The van der Waals surface area contributed by atoms with Crippen LogP contribution >= 0.6 is 22.7 Å². The normalized spacial score (nSPS) is 12.2. The fourth-order valence-corrected chi connectivity index (χ4v) is 13.3. The van der Waals surface area contributed by atoms with Crippen LogP contribution in [0.4, 0.5) is 0 Å². The molecule has 0 amide bonds. The van der Waals surface area contributed by atoms with Crippen molar-refractivity contribution in [1.29, 1.82) is 0 Å². The summed E-state index contributed by atoms with van der Waals surface area (Å²) in [5.74, 6) is 0. The van der Waals surface area contributed by atoms with E-state index in [2.05, 4.69) is 205 Å².